The van der Waals surface area contributed by atoms with Gasteiger partial charge in [0.1, 0.15) is 0 Å². The van der Waals surface area contributed by atoms with Crippen LogP contribution in [0.5, 0.6) is 0 Å². The van der Waals surface area contributed by atoms with Crippen LogP contribution >= 0.6 is 0 Å². The van der Waals surface area contributed by atoms with E-state index in [4.69, 9.17) is 0 Å². The number of nitrogens with zero attached hydrogens (tertiary/aromatic N) is 2. The van der Waals surface area contributed by atoms with Gasteiger partial charge in [-0.25, -0.2) is 0 Å². The zero-order valence-corrected chi connectivity index (χ0v) is 15.0. The molecule has 0 radical (unpaired) electrons. The highest BCUT2D eigenvalue weighted by Gasteiger charge is 2.10. The van der Waals surface area contributed by atoms with Gasteiger partial charge in [0.25, 0.3) is 0 Å². The van der Waals surface area contributed by atoms with Crippen molar-refractivity contribution in [1.29, 1.82) is 0 Å². The van der Waals surface area contributed by atoms with Crippen molar-refractivity contribution in [2.24, 2.45) is 5.92 Å². The molecule has 1 aliphatic heterocycles. The number of carbonyl (C=O) groups excluding carboxylic acids is 1. The highest BCUT2D eigenvalue weighted by Crippen LogP contribution is 2.08. The molecule has 4 nitrogen and oxygen atoms in total. The van der Waals surface area contributed by atoms with Crippen LogP contribution in [-0.2, 0) is 4.79 Å². The molecule has 0 aromatic rings. The fourth-order valence-electron chi connectivity index (χ4n) is 2.23. The Morgan fingerprint density at radius 1 is 1.14 bits per heavy atom. The first-order chi connectivity index (χ1) is 10.0. The van der Waals surface area contributed by atoms with E-state index in [2.05, 4.69) is 24.1 Å². The number of nitrogens with one attached hydrogen (secondary N) is 1. The van der Waals surface area contributed by atoms with E-state index in [1.807, 2.05) is 25.9 Å². The standard InChI is InChI=1S/C11H24N2O.C6H13N/c1-5-7-8-11(14)13(6-2)10-9-12(3)4;1-6-2-4-7-5-3-6/h5-10H2,1-4H3;6-7H,2-5H2,1H3. The van der Waals surface area contributed by atoms with Crippen molar-refractivity contribution in [3.05, 3.63) is 0 Å². The van der Waals surface area contributed by atoms with Gasteiger partial charge in [0, 0.05) is 26.1 Å². The first kappa shape index (κ1) is 20.4. The van der Waals surface area contributed by atoms with Gasteiger partial charge in [-0.1, -0.05) is 20.3 Å². The Morgan fingerprint density at radius 2 is 1.76 bits per heavy atom. The summed E-state index contributed by atoms with van der Waals surface area (Å²) >= 11 is 0. The van der Waals surface area contributed by atoms with E-state index >= 15 is 0 Å². The zero-order valence-electron chi connectivity index (χ0n) is 15.0. The smallest absolute Gasteiger partial charge is 0.222 e. The van der Waals surface area contributed by atoms with Gasteiger partial charge in [0.2, 0.25) is 5.91 Å². The highest BCUT2D eigenvalue weighted by molar-refractivity contribution is 5.76. The summed E-state index contributed by atoms with van der Waals surface area (Å²) < 4.78 is 0. The second-order valence-electron chi connectivity index (χ2n) is 6.31. The van der Waals surface area contributed by atoms with E-state index in [9.17, 15) is 4.79 Å². The van der Waals surface area contributed by atoms with E-state index < -0.39 is 0 Å². The number of carbonyl (C=O) groups is 1. The Morgan fingerprint density at radius 3 is 2.14 bits per heavy atom. The normalized spacial score (nSPS) is 15.5. The minimum Gasteiger partial charge on any atom is -0.342 e. The summed E-state index contributed by atoms with van der Waals surface area (Å²) in [6, 6.07) is 0. The Balaban J connectivity index is 0.000000471. The van der Waals surface area contributed by atoms with Crippen molar-refractivity contribution in [1.82, 2.24) is 15.1 Å². The predicted octanol–water partition coefficient (Wildman–Crippen LogP) is 2.59. The van der Waals surface area contributed by atoms with Gasteiger partial charge in [-0.05, 0) is 59.3 Å². The van der Waals surface area contributed by atoms with Crippen molar-refractivity contribution >= 4 is 5.91 Å². The van der Waals surface area contributed by atoms with E-state index in [1.54, 1.807) is 0 Å². The van der Waals surface area contributed by atoms with Crippen LogP contribution in [0, 0.1) is 5.92 Å². The Bertz CT molecular complexity index is 250. The quantitative estimate of drug-likeness (QED) is 0.785. The van der Waals surface area contributed by atoms with Crippen molar-refractivity contribution in [2.75, 3.05) is 46.8 Å². The zero-order chi connectivity index (χ0) is 16.1. The maximum absolute atomic E-state index is 11.7. The number of amides is 1. The molecule has 0 atom stereocenters. The molecule has 4 heteroatoms. The van der Waals surface area contributed by atoms with Gasteiger partial charge < -0.3 is 15.1 Å². The van der Waals surface area contributed by atoms with Gasteiger partial charge in [-0.15, -0.1) is 0 Å². The highest BCUT2D eigenvalue weighted by atomic mass is 16.2. The molecule has 1 saturated heterocycles. The lowest BCUT2D eigenvalue weighted by atomic mass is 10.0. The molecule has 1 amide bonds. The Kier molecular flexibility index (Phi) is 12.7. The molecule has 0 aromatic heterocycles. The van der Waals surface area contributed by atoms with Gasteiger partial charge in [0.05, 0.1) is 0 Å². The van der Waals surface area contributed by atoms with Crippen molar-refractivity contribution < 1.29 is 4.79 Å². The summed E-state index contributed by atoms with van der Waals surface area (Å²) in [5.74, 6) is 1.28. The molecular formula is C17H37N3O. The maximum atomic E-state index is 11.7. The second kappa shape index (κ2) is 13.1. The average molecular weight is 300 g/mol. The van der Waals surface area contributed by atoms with Crippen LogP contribution < -0.4 is 5.32 Å². The monoisotopic (exact) mass is 299 g/mol. The molecule has 1 N–H and O–H groups in total. The molecule has 0 aromatic carbocycles. The summed E-state index contributed by atoms with van der Waals surface area (Å²) in [5, 5.41) is 3.32. The van der Waals surface area contributed by atoms with E-state index in [-0.39, 0.29) is 0 Å². The lowest BCUT2D eigenvalue weighted by Gasteiger charge is -2.22. The Labute approximate surface area is 132 Å². The number of hydrogen-bond donors (Lipinski definition) is 1. The first-order valence-corrected chi connectivity index (χ1v) is 8.64. The summed E-state index contributed by atoms with van der Waals surface area (Å²) in [5.41, 5.74) is 0. The largest absolute Gasteiger partial charge is 0.342 e. The van der Waals surface area contributed by atoms with Crippen LogP contribution in [0.3, 0.4) is 0 Å². The number of unbranched alkanes of at least 4 members (excludes halogenated alkanes) is 1. The molecule has 0 spiro atoms. The second-order valence-corrected chi connectivity index (χ2v) is 6.31. The fourth-order valence-corrected chi connectivity index (χ4v) is 2.23. The molecule has 1 fully saturated rings. The minimum absolute atomic E-state index is 0.302. The molecule has 0 saturated carbocycles. The number of hydrogen-bond acceptors (Lipinski definition) is 3. The van der Waals surface area contributed by atoms with E-state index in [1.165, 1.54) is 25.9 Å². The molecule has 0 bridgehead atoms. The van der Waals surface area contributed by atoms with Gasteiger partial charge in [-0.3, -0.25) is 4.79 Å². The maximum Gasteiger partial charge on any atom is 0.222 e. The average Bonchev–Trinajstić information content (AvgIpc) is 2.47. The SMILES string of the molecule is CC1CCNCC1.CCCCC(=O)N(CC)CCN(C)C. The van der Waals surface area contributed by atoms with Crippen LogP contribution in [0.15, 0.2) is 0 Å². The molecule has 1 heterocycles. The molecule has 1 rings (SSSR count). The molecular weight excluding hydrogens is 262 g/mol. The predicted molar refractivity (Wildman–Crippen MR) is 91.6 cm³/mol. The van der Waals surface area contributed by atoms with Gasteiger partial charge in [-0.2, -0.15) is 0 Å². The number of likely N-dealkylation sites (N-methyl/N-ethyl adjacent to an activating group) is 2. The third-order valence-electron chi connectivity index (χ3n) is 3.92. The topological polar surface area (TPSA) is 35.6 Å². The molecule has 0 aliphatic carbocycles. The summed E-state index contributed by atoms with van der Waals surface area (Å²) in [7, 11) is 4.06. The minimum atomic E-state index is 0.302. The molecule has 21 heavy (non-hydrogen) atoms. The number of rotatable bonds is 7. The van der Waals surface area contributed by atoms with Gasteiger partial charge >= 0.3 is 0 Å². The molecule has 0 unspecified atom stereocenters. The lowest BCUT2D eigenvalue weighted by Crippen LogP contribution is -2.36. The first-order valence-electron chi connectivity index (χ1n) is 8.64. The summed E-state index contributed by atoms with van der Waals surface area (Å²) in [6.45, 7) is 11.6. The Hall–Kier alpha value is -0.610. The van der Waals surface area contributed by atoms with Gasteiger partial charge in [0.15, 0.2) is 0 Å². The fraction of sp³-hybridized carbons (Fsp3) is 0.941. The third kappa shape index (κ3) is 11.7. The summed E-state index contributed by atoms with van der Waals surface area (Å²) in [6.07, 6.45) is 5.56. The van der Waals surface area contributed by atoms with Crippen molar-refractivity contribution in [2.45, 2.75) is 52.9 Å². The van der Waals surface area contributed by atoms with E-state index in [0.29, 0.717) is 12.3 Å². The van der Waals surface area contributed by atoms with Crippen molar-refractivity contribution in [3.8, 4) is 0 Å². The summed E-state index contributed by atoms with van der Waals surface area (Å²) in [4.78, 5) is 15.7. The number of piperidine rings is 1. The molecule has 126 valence electrons. The third-order valence-corrected chi connectivity index (χ3v) is 3.92. The van der Waals surface area contributed by atoms with Crippen LogP contribution in [0.2, 0.25) is 0 Å². The van der Waals surface area contributed by atoms with E-state index in [0.717, 1.165) is 38.4 Å². The van der Waals surface area contributed by atoms with Crippen LogP contribution in [-0.4, -0.2) is 62.5 Å². The molecule has 1 aliphatic rings. The van der Waals surface area contributed by atoms with Crippen LogP contribution in [0.1, 0.15) is 52.9 Å². The van der Waals surface area contributed by atoms with Crippen LogP contribution in [0.25, 0.3) is 0 Å². The van der Waals surface area contributed by atoms with Crippen molar-refractivity contribution in [3.63, 3.8) is 0 Å². The lowest BCUT2D eigenvalue weighted by molar-refractivity contribution is -0.131. The van der Waals surface area contributed by atoms with Crippen LogP contribution in [0.4, 0.5) is 0 Å².